The van der Waals surface area contributed by atoms with E-state index in [0.717, 1.165) is 16.9 Å². The van der Waals surface area contributed by atoms with Gasteiger partial charge in [0.25, 0.3) is 17.5 Å². The number of anilines is 3. The van der Waals surface area contributed by atoms with Crippen molar-refractivity contribution in [3.05, 3.63) is 117 Å². The van der Waals surface area contributed by atoms with Crippen LogP contribution in [0.5, 0.6) is 11.5 Å². The maximum atomic E-state index is 12.5. The number of benzene rings is 4. The Balaban J connectivity index is 0.000000301. The van der Waals surface area contributed by atoms with Crippen LogP contribution in [0.4, 0.5) is 22.7 Å². The molecule has 0 saturated heterocycles. The van der Waals surface area contributed by atoms with Crippen LogP contribution in [0.15, 0.2) is 84.9 Å². The Morgan fingerprint density at radius 1 is 0.607 bits per heavy atom. The molecule has 4 rings (SSSR count). The number of nitro benzene ring substituents is 1. The Morgan fingerprint density at radius 3 is 1.39 bits per heavy atom. The number of nitrogens with two attached hydrogens (primary N) is 1. The van der Waals surface area contributed by atoms with E-state index in [9.17, 15) is 29.3 Å². The molecule has 56 heavy (non-hydrogen) atoms. The number of nitro groups is 1. The summed E-state index contributed by atoms with van der Waals surface area (Å²) in [6.45, 7) is 14.8. The van der Waals surface area contributed by atoms with E-state index in [4.69, 9.17) is 15.2 Å². The third-order valence-corrected chi connectivity index (χ3v) is 8.59. The summed E-state index contributed by atoms with van der Waals surface area (Å²) in [6.07, 6.45) is 0.248. The maximum Gasteiger partial charge on any atom is 0.292 e. The van der Waals surface area contributed by atoms with Crippen molar-refractivity contribution in [2.45, 2.75) is 54.4 Å². The van der Waals surface area contributed by atoms with Gasteiger partial charge in [0.15, 0.2) is 0 Å². The van der Waals surface area contributed by atoms with E-state index < -0.39 is 10.8 Å². The minimum Gasteiger partial charge on any atom is -0.494 e. The first-order chi connectivity index (χ1) is 26.9. The van der Waals surface area contributed by atoms with Gasteiger partial charge < -0.3 is 35.6 Å². The van der Waals surface area contributed by atoms with E-state index in [-0.39, 0.29) is 47.5 Å². The van der Waals surface area contributed by atoms with Crippen LogP contribution in [0.1, 0.15) is 73.4 Å². The lowest BCUT2D eigenvalue weighted by molar-refractivity contribution is -0.383. The van der Waals surface area contributed by atoms with Gasteiger partial charge in [-0.15, -0.1) is 0 Å². The second-order valence-corrected chi connectivity index (χ2v) is 12.3. The zero-order valence-electron chi connectivity index (χ0n) is 32.9. The fourth-order valence-corrected chi connectivity index (χ4v) is 5.61. The van der Waals surface area contributed by atoms with Gasteiger partial charge in [0.05, 0.1) is 42.4 Å². The molecule has 4 N–H and O–H groups in total. The molecule has 0 spiro atoms. The molecule has 0 unspecified atom stereocenters. The van der Waals surface area contributed by atoms with Crippen molar-refractivity contribution in [3.63, 3.8) is 0 Å². The minimum absolute atomic E-state index is 0.00365. The molecule has 0 bridgehead atoms. The Bertz CT molecular complexity index is 1940. The van der Waals surface area contributed by atoms with E-state index in [1.165, 1.54) is 18.2 Å². The van der Waals surface area contributed by atoms with Crippen molar-refractivity contribution in [3.8, 4) is 11.5 Å². The monoisotopic (exact) mass is 768 g/mol. The highest BCUT2D eigenvalue weighted by molar-refractivity contribution is 6.01. The van der Waals surface area contributed by atoms with Crippen LogP contribution in [-0.4, -0.2) is 77.7 Å². The van der Waals surface area contributed by atoms with Crippen molar-refractivity contribution in [1.29, 1.82) is 0 Å². The molecular weight excluding hydrogens is 716 g/mol. The topological polar surface area (TPSA) is 186 Å². The highest BCUT2D eigenvalue weighted by Crippen LogP contribution is 2.27. The average Bonchev–Trinajstić information content (AvgIpc) is 3.18. The zero-order chi connectivity index (χ0) is 41.2. The summed E-state index contributed by atoms with van der Waals surface area (Å²) < 4.78 is 10.8. The Morgan fingerprint density at radius 2 is 1.00 bits per heavy atom. The number of nitrogens with zero attached hydrogens (tertiary/aromatic N) is 3. The lowest BCUT2D eigenvalue weighted by atomic mass is 10.1. The van der Waals surface area contributed by atoms with Crippen LogP contribution in [-0.2, 0) is 22.4 Å². The summed E-state index contributed by atoms with van der Waals surface area (Å²) in [5.41, 5.74) is 8.98. The van der Waals surface area contributed by atoms with Gasteiger partial charge in [-0.2, -0.15) is 0 Å². The Hall–Kier alpha value is -6.44. The summed E-state index contributed by atoms with van der Waals surface area (Å²) in [5, 5.41) is 16.7. The molecule has 0 saturated carbocycles. The summed E-state index contributed by atoms with van der Waals surface area (Å²) in [7, 11) is 0. The van der Waals surface area contributed by atoms with Crippen molar-refractivity contribution in [1.82, 2.24) is 9.80 Å². The first-order valence-electron chi connectivity index (χ1n) is 18.7. The SMILES string of the molecule is CCOc1ccc(CC(=O)Nc2cc(C(=O)N(CC)CC)ccc2N)cc1.CCOc1ccc(CC(=O)Nc2cc(C(=O)N(CC)CC)ccc2[N+](=O)[O-])cc1. The molecular formula is C42H52N6O8. The van der Waals surface area contributed by atoms with Crippen LogP contribution in [0.25, 0.3) is 0 Å². The molecule has 0 fully saturated rings. The zero-order valence-corrected chi connectivity index (χ0v) is 32.9. The second-order valence-electron chi connectivity index (χ2n) is 12.3. The molecule has 0 heterocycles. The lowest BCUT2D eigenvalue weighted by Gasteiger charge is -2.19. The number of amides is 4. The number of hydrogen-bond acceptors (Lipinski definition) is 9. The number of nitrogen functional groups attached to an aromatic ring is 1. The van der Waals surface area contributed by atoms with Crippen LogP contribution in [0.3, 0.4) is 0 Å². The van der Waals surface area contributed by atoms with Gasteiger partial charge >= 0.3 is 0 Å². The van der Waals surface area contributed by atoms with Gasteiger partial charge in [0, 0.05) is 43.4 Å². The van der Waals surface area contributed by atoms with Gasteiger partial charge in [0.2, 0.25) is 11.8 Å². The highest BCUT2D eigenvalue weighted by atomic mass is 16.6. The van der Waals surface area contributed by atoms with Gasteiger partial charge in [-0.1, -0.05) is 24.3 Å². The van der Waals surface area contributed by atoms with Crippen LogP contribution in [0, 0.1) is 10.1 Å². The number of carbonyl (C=O) groups excluding carboxylic acids is 4. The summed E-state index contributed by atoms with van der Waals surface area (Å²) in [4.78, 5) is 63.9. The summed E-state index contributed by atoms with van der Waals surface area (Å²) >= 11 is 0. The Labute approximate surface area is 328 Å². The van der Waals surface area contributed by atoms with E-state index in [2.05, 4.69) is 10.6 Å². The Kier molecular flexibility index (Phi) is 17.3. The predicted molar refractivity (Wildman–Crippen MR) is 218 cm³/mol. The molecule has 0 radical (unpaired) electrons. The van der Waals surface area contributed by atoms with Crippen molar-refractivity contribution >= 4 is 46.4 Å². The van der Waals surface area contributed by atoms with E-state index >= 15 is 0 Å². The number of carbonyl (C=O) groups is 4. The number of hydrogen-bond donors (Lipinski definition) is 3. The largest absolute Gasteiger partial charge is 0.494 e. The van der Waals surface area contributed by atoms with E-state index in [1.54, 1.807) is 52.3 Å². The van der Waals surface area contributed by atoms with Gasteiger partial charge in [-0.25, -0.2) is 0 Å². The highest BCUT2D eigenvalue weighted by Gasteiger charge is 2.21. The molecule has 14 heteroatoms. The second kappa shape index (κ2) is 22.1. The molecule has 0 atom stereocenters. The van der Waals surface area contributed by atoms with Crippen molar-refractivity contribution in [2.75, 3.05) is 55.8 Å². The molecule has 4 aromatic rings. The molecule has 298 valence electrons. The molecule has 4 amide bonds. The first-order valence-corrected chi connectivity index (χ1v) is 18.7. The van der Waals surface area contributed by atoms with Gasteiger partial charge in [-0.3, -0.25) is 29.3 Å². The summed E-state index contributed by atoms with van der Waals surface area (Å²) in [5.74, 6) is 0.542. The van der Waals surface area contributed by atoms with Crippen molar-refractivity contribution in [2.24, 2.45) is 0 Å². The quantitative estimate of drug-likeness (QED) is 0.0578. The van der Waals surface area contributed by atoms with Gasteiger partial charge in [0.1, 0.15) is 17.2 Å². The lowest BCUT2D eigenvalue weighted by Crippen LogP contribution is -2.30. The van der Waals surface area contributed by atoms with Crippen LogP contribution >= 0.6 is 0 Å². The van der Waals surface area contributed by atoms with Crippen LogP contribution < -0.4 is 25.8 Å². The van der Waals surface area contributed by atoms with Crippen molar-refractivity contribution < 1.29 is 33.6 Å². The molecule has 14 nitrogen and oxygen atoms in total. The molecule has 0 aliphatic rings. The van der Waals surface area contributed by atoms with E-state index in [1.807, 2.05) is 65.8 Å². The van der Waals surface area contributed by atoms with Gasteiger partial charge in [-0.05, 0) is 107 Å². The smallest absolute Gasteiger partial charge is 0.292 e. The van der Waals surface area contributed by atoms with Crippen LogP contribution in [0.2, 0.25) is 0 Å². The summed E-state index contributed by atoms with van der Waals surface area (Å²) in [6, 6.07) is 23.4. The molecule has 0 aliphatic heterocycles. The fraction of sp³-hybridized carbons (Fsp3) is 0.333. The normalized spacial score (nSPS) is 10.3. The van der Waals surface area contributed by atoms with E-state index in [0.29, 0.717) is 62.1 Å². The number of nitrogens with one attached hydrogen (secondary N) is 2. The number of ether oxygens (including phenoxy) is 2. The molecule has 4 aromatic carbocycles. The third kappa shape index (κ3) is 12.9. The predicted octanol–water partition coefficient (Wildman–Crippen LogP) is 6.99. The average molecular weight is 769 g/mol. The first kappa shape index (κ1) is 44.0. The fourth-order valence-electron chi connectivity index (χ4n) is 5.61. The minimum atomic E-state index is -0.585. The molecule has 0 aliphatic carbocycles. The maximum absolute atomic E-state index is 12.5. The third-order valence-electron chi connectivity index (χ3n) is 8.59. The standard InChI is InChI=1S/C21H25N3O5.C21H27N3O3/c1-4-23(5-2)21(26)16-9-12-19(24(27)28)18(14-16)22-20(25)13-15-7-10-17(11-8-15)29-6-3;1-4-24(5-2)21(26)16-9-12-18(22)19(14-16)23-20(25)13-15-7-10-17(11-8-15)27-6-3/h7-12,14H,4-6,13H2,1-3H3,(H,22,25);7-12,14H,4-6,13,22H2,1-3H3,(H,23,25). The number of rotatable bonds is 17. The molecule has 0 aromatic heterocycles.